The first-order valence-corrected chi connectivity index (χ1v) is 8.91. The second-order valence-corrected chi connectivity index (χ2v) is 6.38. The van der Waals surface area contributed by atoms with Crippen molar-refractivity contribution in [2.45, 2.75) is 32.6 Å². The van der Waals surface area contributed by atoms with Gasteiger partial charge in [-0.3, -0.25) is 4.79 Å². The zero-order valence-corrected chi connectivity index (χ0v) is 14.3. The fourth-order valence-corrected chi connectivity index (χ4v) is 3.27. The zero-order valence-electron chi connectivity index (χ0n) is 13.5. The number of fused-ring (bicyclic) bond motifs is 1. The minimum Gasteiger partial charge on any atom is -0.356 e. The van der Waals surface area contributed by atoms with Gasteiger partial charge in [0.05, 0.1) is 11.3 Å². The first kappa shape index (κ1) is 16.6. The average Bonchev–Trinajstić information content (AvgIpc) is 3.15. The molecule has 3 rings (SSSR count). The van der Waals surface area contributed by atoms with Gasteiger partial charge < -0.3 is 5.32 Å². The lowest BCUT2D eigenvalue weighted by Crippen LogP contribution is -2.25. The maximum atomic E-state index is 13.9. The number of halogens is 1. The molecular weight excluding hydrogens is 327 g/mol. The van der Waals surface area contributed by atoms with E-state index in [0.29, 0.717) is 30.8 Å². The van der Waals surface area contributed by atoms with Gasteiger partial charge in [-0.1, -0.05) is 25.5 Å². The van der Waals surface area contributed by atoms with Gasteiger partial charge in [0.2, 0.25) is 10.9 Å². The molecule has 1 N–H and O–H groups in total. The molecule has 0 spiro atoms. The first-order valence-electron chi connectivity index (χ1n) is 8.03. The van der Waals surface area contributed by atoms with Gasteiger partial charge in [-0.2, -0.15) is 4.98 Å². The SMILES string of the molecule is CCCCC(=O)NCCc1csc2nc(-c3ccccc3F)nn12. The molecule has 0 atom stereocenters. The molecule has 7 heteroatoms. The van der Waals surface area contributed by atoms with E-state index in [1.807, 2.05) is 5.38 Å². The van der Waals surface area contributed by atoms with E-state index in [1.165, 1.54) is 17.4 Å². The van der Waals surface area contributed by atoms with Gasteiger partial charge >= 0.3 is 0 Å². The van der Waals surface area contributed by atoms with Crippen molar-refractivity contribution in [3.63, 3.8) is 0 Å². The van der Waals surface area contributed by atoms with Crippen LogP contribution in [0.2, 0.25) is 0 Å². The molecule has 1 aromatic carbocycles. The summed E-state index contributed by atoms with van der Waals surface area (Å²) in [5.41, 5.74) is 1.35. The van der Waals surface area contributed by atoms with Crippen molar-refractivity contribution in [2.75, 3.05) is 6.54 Å². The van der Waals surface area contributed by atoms with Crippen molar-refractivity contribution < 1.29 is 9.18 Å². The first-order chi connectivity index (χ1) is 11.7. The Bertz CT molecular complexity index is 842. The van der Waals surface area contributed by atoms with E-state index < -0.39 is 0 Å². The Kier molecular flexibility index (Phi) is 5.20. The molecule has 0 unspecified atom stereocenters. The summed E-state index contributed by atoms with van der Waals surface area (Å²) in [5.74, 6) is 0.127. The average molecular weight is 346 g/mol. The number of unbranched alkanes of at least 4 members (excludes halogenated alkanes) is 1. The number of carbonyl (C=O) groups excluding carboxylic acids is 1. The van der Waals surface area contributed by atoms with E-state index in [9.17, 15) is 9.18 Å². The summed E-state index contributed by atoms with van der Waals surface area (Å²) in [7, 11) is 0. The van der Waals surface area contributed by atoms with Gasteiger partial charge in [0.15, 0.2) is 5.82 Å². The molecule has 2 heterocycles. The van der Waals surface area contributed by atoms with E-state index in [2.05, 4.69) is 22.3 Å². The van der Waals surface area contributed by atoms with E-state index in [4.69, 9.17) is 0 Å². The normalized spacial score (nSPS) is 11.1. The van der Waals surface area contributed by atoms with Gasteiger partial charge in [-0.25, -0.2) is 8.91 Å². The number of amides is 1. The Morgan fingerprint density at radius 1 is 1.38 bits per heavy atom. The number of benzene rings is 1. The number of hydrogen-bond acceptors (Lipinski definition) is 4. The summed E-state index contributed by atoms with van der Waals surface area (Å²) in [6.07, 6.45) is 3.15. The highest BCUT2D eigenvalue weighted by molar-refractivity contribution is 7.15. The fraction of sp³-hybridized carbons (Fsp3) is 0.353. The van der Waals surface area contributed by atoms with Crippen molar-refractivity contribution in [1.82, 2.24) is 19.9 Å². The summed E-state index contributed by atoms with van der Waals surface area (Å²) in [6, 6.07) is 6.48. The zero-order chi connectivity index (χ0) is 16.9. The Morgan fingerprint density at radius 2 is 2.21 bits per heavy atom. The standard InChI is InChI=1S/C17H19FN4OS/c1-2-3-8-15(23)19-10-9-12-11-24-17-20-16(21-22(12)17)13-6-4-5-7-14(13)18/h4-7,11H,2-3,8-10H2,1H3,(H,19,23). The van der Waals surface area contributed by atoms with Crippen LogP contribution in [0.3, 0.4) is 0 Å². The smallest absolute Gasteiger partial charge is 0.220 e. The van der Waals surface area contributed by atoms with Crippen molar-refractivity contribution in [2.24, 2.45) is 0 Å². The number of hydrogen-bond donors (Lipinski definition) is 1. The molecular formula is C17H19FN4OS. The molecule has 3 aromatic rings. The lowest BCUT2D eigenvalue weighted by atomic mass is 10.2. The molecule has 126 valence electrons. The van der Waals surface area contributed by atoms with Gasteiger partial charge in [0.1, 0.15) is 5.82 Å². The van der Waals surface area contributed by atoms with Crippen molar-refractivity contribution >= 4 is 22.2 Å². The molecule has 0 aliphatic carbocycles. The van der Waals surface area contributed by atoms with Gasteiger partial charge in [0.25, 0.3) is 0 Å². The molecule has 0 fully saturated rings. The number of nitrogens with zero attached hydrogens (tertiary/aromatic N) is 3. The molecule has 0 aliphatic rings. The highest BCUT2D eigenvalue weighted by atomic mass is 32.1. The van der Waals surface area contributed by atoms with Crippen LogP contribution in [0.15, 0.2) is 29.6 Å². The van der Waals surface area contributed by atoms with Crippen molar-refractivity contribution in [1.29, 1.82) is 0 Å². The Hall–Kier alpha value is -2.28. The number of rotatable bonds is 7. The molecule has 0 radical (unpaired) electrons. The van der Waals surface area contributed by atoms with Crippen LogP contribution in [0.5, 0.6) is 0 Å². The van der Waals surface area contributed by atoms with Crippen LogP contribution in [0.25, 0.3) is 16.3 Å². The highest BCUT2D eigenvalue weighted by Gasteiger charge is 2.14. The second-order valence-electron chi connectivity index (χ2n) is 5.54. The minimum atomic E-state index is -0.333. The quantitative estimate of drug-likeness (QED) is 0.713. The maximum Gasteiger partial charge on any atom is 0.220 e. The number of aromatic nitrogens is 3. The molecule has 0 bridgehead atoms. The van der Waals surface area contributed by atoms with Gasteiger partial charge in [-0.05, 0) is 18.6 Å². The van der Waals surface area contributed by atoms with Crippen LogP contribution < -0.4 is 5.32 Å². The third-order valence-electron chi connectivity index (χ3n) is 3.73. The maximum absolute atomic E-state index is 13.9. The number of carbonyl (C=O) groups is 1. The summed E-state index contributed by atoms with van der Waals surface area (Å²) >= 11 is 1.46. The van der Waals surface area contributed by atoms with Gasteiger partial charge in [0, 0.05) is 24.8 Å². The molecule has 0 aliphatic heterocycles. The summed E-state index contributed by atoms with van der Waals surface area (Å²) < 4.78 is 15.6. The third kappa shape index (κ3) is 3.62. The van der Waals surface area contributed by atoms with Crippen LogP contribution >= 0.6 is 11.3 Å². The summed E-state index contributed by atoms with van der Waals surface area (Å²) in [6.45, 7) is 2.62. The van der Waals surface area contributed by atoms with Crippen LogP contribution in [0, 0.1) is 5.82 Å². The van der Waals surface area contributed by atoms with Crippen LogP contribution in [0.1, 0.15) is 31.9 Å². The van der Waals surface area contributed by atoms with Crippen molar-refractivity contribution in [3.8, 4) is 11.4 Å². The molecule has 0 saturated carbocycles. The van der Waals surface area contributed by atoms with Crippen molar-refractivity contribution in [3.05, 3.63) is 41.2 Å². The monoisotopic (exact) mass is 346 g/mol. The molecule has 0 saturated heterocycles. The Labute approximate surface area is 143 Å². The second kappa shape index (κ2) is 7.53. The lowest BCUT2D eigenvalue weighted by molar-refractivity contribution is -0.121. The summed E-state index contributed by atoms with van der Waals surface area (Å²) in [5, 5.41) is 9.30. The molecule has 1 amide bonds. The summed E-state index contributed by atoms with van der Waals surface area (Å²) in [4.78, 5) is 16.7. The largest absolute Gasteiger partial charge is 0.356 e. The molecule has 5 nitrogen and oxygen atoms in total. The van der Waals surface area contributed by atoms with Crippen LogP contribution in [0.4, 0.5) is 4.39 Å². The van der Waals surface area contributed by atoms with Gasteiger partial charge in [-0.15, -0.1) is 16.4 Å². The third-order valence-corrected chi connectivity index (χ3v) is 4.59. The number of nitrogens with one attached hydrogen (secondary N) is 1. The lowest BCUT2D eigenvalue weighted by Gasteiger charge is -2.03. The van der Waals surface area contributed by atoms with E-state index in [1.54, 1.807) is 22.7 Å². The highest BCUT2D eigenvalue weighted by Crippen LogP contribution is 2.23. The Balaban J connectivity index is 1.70. The van der Waals surface area contributed by atoms with E-state index in [-0.39, 0.29) is 11.7 Å². The van der Waals surface area contributed by atoms with Crippen LogP contribution in [-0.2, 0) is 11.2 Å². The number of thiazole rings is 1. The van der Waals surface area contributed by atoms with E-state index in [0.717, 1.165) is 23.5 Å². The molecule has 2 aromatic heterocycles. The minimum absolute atomic E-state index is 0.0777. The predicted molar refractivity (Wildman–Crippen MR) is 92.5 cm³/mol. The topological polar surface area (TPSA) is 59.3 Å². The fourth-order valence-electron chi connectivity index (χ4n) is 2.41. The predicted octanol–water partition coefficient (Wildman–Crippen LogP) is 3.45. The Morgan fingerprint density at radius 3 is 3.00 bits per heavy atom. The molecule has 24 heavy (non-hydrogen) atoms. The van der Waals surface area contributed by atoms with Crippen LogP contribution in [-0.4, -0.2) is 27.0 Å². The van der Waals surface area contributed by atoms with E-state index >= 15 is 0 Å².